The van der Waals surface area contributed by atoms with Crippen molar-refractivity contribution < 1.29 is 13.6 Å². The number of aryl methyl sites for hydroxylation is 1. The van der Waals surface area contributed by atoms with Crippen molar-refractivity contribution in [1.29, 1.82) is 0 Å². The Morgan fingerprint density at radius 3 is 2.56 bits per heavy atom. The largest absolute Gasteiger partial charge is 0.441 e. The predicted octanol–water partition coefficient (Wildman–Crippen LogP) is 3.99. The van der Waals surface area contributed by atoms with Crippen molar-refractivity contribution in [2.45, 2.75) is 19.9 Å². The first kappa shape index (κ1) is 15.6. The third-order valence-corrected chi connectivity index (χ3v) is 4.40. The molecular formula is C20H17FN2O2. The summed E-state index contributed by atoms with van der Waals surface area (Å²) in [7, 11) is 0. The van der Waals surface area contributed by atoms with Crippen LogP contribution in [0.5, 0.6) is 0 Å². The van der Waals surface area contributed by atoms with Gasteiger partial charge in [-0.3, -0.25) is 4.79 Å². The molecule has 25 heavy (non-hydrogen) atoms. The van der Waals surface area contributed by atoms with Gasteiger partial charge in [0.25, 0.3) is 5.91 Å². The normalized spacial score (nSPS) is 13.6. The number of carbonyl (C=O) groups is 1. The van der Waals surface area contributed by atoms with Crippen molar-refractivity contribution >= 4 is 5.91 Å². The van der Waals surface area contributed by atoms with Crippen LogP contribution in [0.3, 0.4) is 0 Å². The van der Waals surface area contributed by atoms with Crippen molar-refractivity contribution in [3.8, 4) is 11.5 Å². The number of oxazole rings is 1. The maximum Gasteiger partial charge on any atom is 0.254 e. The lowest BCUT2D eigenvalue weighted by Crippen LogP contribution is -2.35. The first-order chi connectivity index (χ1) is 12.1. The number of rotatable bonds is 2. The second-order valence-electron chi connectivity index (χ2n) is 6.24. The lowest BCUT2D eigenvalue weighted by Gasteiger charge is -2.25. The van der Waals surface area contributed by atoms with Gasteiger partial charge in [-0.05, 0) is 43.3 Å². The molecule has 0 spiro atoms. The number of amides is 1. The van der Waals surface area contributed by atoms with Gasteiger partial charge in [0.05, 0.1) is 6.54 Å². The van der Waals surface area contributed by atoms with Crippen LogP contribution in [0.2, 0.25) is 0 Å². The Kier molecular flexibility index (Phi) is 3.84. The second kappa shape index (κ2) is 6.16. The minimum absolute atomic E-state index is 0.00279. The molecule has 0 N–H and O–H groups in total. The molecule has 0 fully saturated rings. The lowest BCUT2D eigenvalue weighted by molar-refractivity contribution is 0.0728. The summed E-state index contributed by atoms with van der Waals surface area (Å²) in [5, 5.41) is 0. The molecule has 0 saturated carbocycles. The molecule has 0 bridgehead atoms. The van der Waals surface area contributed by atoms with E-state index >= 15 is 0 Å². The molecule has 0 atom stereocenters. The smallest absolute Gasteiger partial charge is 0.254 e. The quantitative estimate of drug-likeness (QED) is 0.711. The van der Waals surface area contributed by atoms with Crippen molar-refractivity contribution in [3.63, 3.8) is 0 Å². The summed E-state index contributed by atoms with van der Waals surface area (Å²) in [6.45, 7) is 3.01. The Labute approximate surface area is 144 Å². The van der Waals surface area contributed by atoms with Crippen LogP contribution < -0.4 is 0 Å². The monoisotopic (exact) mass is 336 g/mol. The first-order valence-electron chi connectivity index (χ1n) is 8.20. The number of nitrogens with zero attached hydrogens (tertiary/aromatic N) is 2. The summed E-state index contributed by atoms with van der Waals surface area (Å²) in [6.07, 6.45) is 0.626. The summed E-state index contributed by atoms with van der Waals surface area (Å²) in [5.41, 5.74) is 3.30. The van der Waals surface area contributed by atoms with Gasteiger partial charge in [0.2, 0.25) is 5.89 Å². The molecule has 0 unspecified atom stereocenters. The van der Waals surface area contributed by atoms with Gasteiger partial charge in [0.15, 0.2) is 0 Å². The average molecular weight is 336 g/mol. The molecule has 2 aromatic carbocycles. The van der Waals surface area contributed by atoms with Gasteiger partial charge in [-0.25, -0.2) is 9.37 Å². The van der Waals surface area contributed by atoms with Crippen LogP contribution in [-0.4, -0.2) is 22.3 Å². The first-order valence-corrected chi connectivity index (χ1v) is 8.20. The Hall–Kier alpha value is -2.95. The highest BCUT2D eigenvalue weighted by atomic mass is 19.1. The number of hydrogen-bond donors (Lipinski definition) is 0. The van der Waals surface area contributed by atoms with Crippen LogP contribution in [-0.2, 0) is 13.0 Å². The van der Waals surface area contributed by atoms with Gasteiger partial charge >= 0.3 is 0 Å². The molecule has 1 aromatic heterocycles. The van der Waals surface area contributed by atoms with E-state index in [0.717, 1.165) is 22.6 Å². The Morgan fingerprint density at radius 2 is 1.84 bits per heavy atom. The van der Waals surface area contributed by atoms with E-state index in [2.05, 4.69) is 4.98 Å². The fourth-order valence-electron chi connectivity index (χ4n) is 2.97. The SMILES string of the molecule is Cc1ccc(C(=O)N2CCc3oc(-c4ccc(F)cc4)nc3C2)cc1. The number of halogens is 1. The highest BCUT2D eigenvalue weighted by Crippen LogP contribution is 2.27. The van der Waals surface area contributed by atoms with E-state index in [1.54, 1.807) is 17.0 Å². The van der Waals surface area contributed by atoms with Gasteiger partial charge in [-0.15, -0.1) is 0 Å². The molecule has 1 amide bonds. The van der Waals surface area contributed by atoms with E-state index < -0.39 is 0 Å². The summed E-state index contributed by atoms with van der Waals surface area (Å²) in [6, 6.07) is 13.6. The fraction of sp³-hybridized carbons (Fsp3) is 0.200. The number of fused-ring (bicyclic) bond motifs is 1. The Balaban J connectivity index is 1.56. The molecule has 5 heteroatoms. The van der Waals surface area contributed by atoms with E-state index in [1.807, 2.05) is 31.2 Å². The molecule has 3 aromatic rings. The topological polar surface area (TPSA) is 46.3 Å². The van der Waals surface area contributed by atoms with Gasteiger partial charge in [-0.1, -0.05) is 17.7 Å². The van der Waals surface area contributed by atoms with Crippen LogP contribution >= 0.6 is 0 Å². The molecule has 0 radical (unpaired) electrons. The Bertz CT molecular complexity index is 914. The zero-order valence-electron chi connectivity index (χ0n) is 13.8. The number of hydrogen-bond acceptors (Lipinski definition) is 3. The van der Waals surface area contributed by atoms with Crippen molar-refractivity contribution in [1.82, 2.24) is 9.88 Å². The predicted molar refractivity (Wildman–Crippen MR) is 91.5 cm³/mol. The molecule has 4 nitrogen and oxygen atoms in total. The van der Waals surface area contributed by atoms with Crippen LogP contribution in [0.25, 0.3) is 11.5 Å². The number of carbonyl (C=O) groups excluding carboxylic acids is 1. The highest BCUT2D eigenvalue weighted by Gasteiger charge is 2.26. The maximum atomic E-state index is 13.1. The van der Waals surface area contributed by atoms with Crippen molar-refractivity contribution in [3.05, 3.63) is 76.9 Å². The fourth-order valence-corrected chi connectivity index (χ4v) is 2.97. The van der Waals surface area contributed by atoms with Gasteiger partial charge < -0.3 is 9.32 Å². The summed E-state index contributed by atoms with van der Waals surface area (Å²) in [5.74, 6) is 0.967. The van der Waals surface area contributed by atoms with Gasteiger partial charge in [0, 0.05) is 24.1 Å². The number of aromatic nitrogens is 1. The molecule has 0 saturated heterocycles. The zero-order chi connectivity index (χ0) is 17.4. The third-order valence-electron chi connectivity index (χ3n) is 4.40. The lowest BCUT2D eigenvalue weighted by atomic mass is 10.1. The summed E-state index contributed by atoms with van der Waals surface area (Å²) < 4.78 is 18.9. The maximum absolute atomic E-state index is 13.1. The van der Waals surface area contributed by atoms with Crippen LogP contribution in [0, 0.1) is 12.7 Å². The van der Waals surface area contributed by atoms with Gasteiger partial charge in [0.1, 0.15) is 17.3 Å². The molecular weight excluding hydrogens is 319 g/mol. The third kappa shape index (κ3) is 3.05. The van der Waals surface area contributed by atoms with E-state index in [9.17, 15) is 9.18 Å². The Morgan fingerprint density at radius 1 is 1.12 bits per heavy atom. The van der Waals surface area contributed by atoms with Crippen LogP contribution in [0.4, 0.5) is 4.39 Å². The second-order valence-corrected chi connectivity index (χ2v) is 6.24. The zero-order valence-corrected chi connectivity index (χ0v) is 13.8. The average Bonchev–Trinajstić information content (AvgIpc) is 3.05. The van der Waals surface area contributed by atoms with E-state index in [1.165, 1.54) is 12.1 Å². The molecule has 4 rings (SSSR count). The van der Waals surface area contributed by atoms with Crippen molar-refractivity contribution in [2.75, 3.05) is 6.54 Å². The van der Waals surface area contributed by atoms with Gasteiger partial charge in [-0.2, -0.15) is 0 Å². The molecule has 2 heterocycles. The molecule has 1 aliphatic heterocycles. The standard InChI is InChI=1S/C20H17FN2O2/c1-13-2-4-15(5-3-13)20(24)23-11-10-18-17(12-23)22-19(25-18)14-6-8-16(21)9-7-14/h2-9H,10-12H2,1H3. The summed E-state index contributed by atoms with van der Waals surface area (Å²) >= 11 is 0. The van der Waals surface area contributed by atoms with Crippen LogP contribution in [0.15, 0.2) is 52.9 Å². The van der Waals surface area contributed by atoms with Crippen molar-refractivity contribution in [2.24, 2.45) is 0 Å². The minimum atomic E-state index is -0.296. The number of benzene rings is 2. The summed E-state index contributed by atoms with van der Waals surface area (Å²) in [4.78, 5) is 19.0. The molecule has 126 valence electrons. The van der Waals surface area contributed by atoms with E-state index in [-0.39, 0.29) is 11.7 Å². The molecule has 1 aliphatic rings. The minimum Gasteiger partial charge on any atom is -0.441 e. The highest BCUT2D eigenvalue weighted by molar-refractivity contribution is 5.94. The van der Waals surface area contributed by atoms with E-state index in [0.29, 0.717) is 31.0 Å². The molecule has 0 aliphatic carbocycles. The van der Waals surface area contributed by atoms with Crippen LogP contribution in [0.1, 0.15) is 27.4 Å². The van der Waals surface area contributed by atoms with E-state index in [4.69, 9.17) is 4.42 Å².